The van der Waals surface area contributed by atoms with Crippen LogP contribution in [0.5, 0.6) is 5.75 Å². The zero-order valence-corrected chi connectivity index (χ0v) is 17.5. The van der Waals surface area contributed by atoms with Crippen molar-refractivity contribution in [3.05, 3.63) is 58.9 Å². The number of ether oxygens (including phenoxy) is 1. The van der Waals surface area contributed by atoms with E-state index in [1.807, 2.05) is 0 Å². The van der Waals surface area contributed by atoms with E-state index in [0.29, 0.717) is 10.6 Å². The molecule has 11 heteroatoms. The number of carbonyl (C=O) groups excluding carboxylic acids is 1. The van der Waals surface area contributed by atoms with Gasteiger partial charge in [0.25, 0.3) is 5.91 Å². The van der Waals surface area contributed by atoms with Gasteiger partial charge >= 0.3 is 5.97 Å². The molecule has 0 saturated carbocycles. The van der Waals surface area contributed by atoms with Crippen molar-refractivity contribution in [2.45, 2.75) is 24.3 Å². The maximum atomic E-state index is 14.2. The fourth-order valence-electron chi connectivity index (χ4n) is 2.33. The third-order valence-corrected chi connectivity index (χ3v) is 5.66. The van der Waals surface area contributed by atoms with E-state index in [0.717, 1.165) is 0 Å². The Labute approximate surface area is 178 Å². The molecule has 2 aromatic rings. The Bertz CT molecular complexity index is 1010. The largest absolute Gasteiger partial charge is 0.481 e. The van der Waals surface area contributed by atoms with Crippen molar-refractivity contribution in [2.75, 3.05) is 13.2 Å². The molecule has 2 aromatic carbocycles. The van der Waals surface area contributed by atoms with E-state index in [4.69, 9.17) is 21.4 Å². The predicted octanol–water partition coefficient (Wildman–Crippen LogP) is 1.97. The summed E-state index contributed by atoms with van der Waals surface area (Å²) < 4.78 is 46.0. The van der Waals surface area contributed by atoms with E-state index in [1.54, 1.807) is 0 Å². The number of carboxylic acid groups (broad SMARTS) is 1. The molecule has 2 rings (SSSR count). The summed E-state index contributed by atoms with van der Waals surface area (Å²) in [5.41, 5.74) is 0.516. The lowest BCUT2D eigenvalue weighted by atomic mass is 10.1. The van der Waals surface area contributed by atoms with Crippen LogP contribution in [-0.4, -0.2) is 44.6 Å². The Morgan fingerprint density at radius 3 is 2.47 bits per heavy atom. The number of hydrogen-bond donors (Lipinski definition) is 3. The minimum absolute atomic E-state index is 0.0418. The van der Waals surface area contributed by atoms with Crippen molar-refractivity contribution >= 4 is 33.5 Å². The molecule has 0 aromatic heterocycles. The summed E-state index contributed by atoms with van der Waals surface area (Å²) in [5.74, 6) is -2.82. The van der Waals surface area contributed by atoms with Gasteiger partial charge in [-0.1, -0.05) is 17.7 Å². The highest BCUT2D eigenvalue weighted by molar-refractivity contribution is 7.89. The molecule has 0 aliphatic rings. The first-order chi connectivity index (χ1) is 14.1. The average molecular weight is 459 g/mol. The van der Waals surface area contributed by atoms with Gasteiger partial charge in [-0.15, -0.1) is 0 Å². The van der Waals surface area contributed by atoms with Crippen LogP contribution >= 0.6 is 11.6 Å². The first-order valence-electron chi connectivity index (χ1n) is 8.77. The van der Waals surface area contributed by atoms with Crippen molar-refractivity contribution in [3.8, 4) is 5.75 Å². The lowest BCUT2D eigenvalue weighted by molar-refractivity contribution is -0.141. The molecule has 0 saturated heterocycles. The van der Waals surface area contributed by atoms with Crippen LogP contribution in [0.15, 0.2) is 47.4 Å². The molecule has 162 valence electrons. The smallest absolute Gasteiger partial charge is 0.325 e. The maximum Gasteiger partial charge on any atom is 0.325 e. The summed E-state index contributed by atoms with van der Waals surface area (Å²) in [6, 6.07) is 8.61. The van der Waals surface area contributed by atoms with Crippen LogP contribution in [-0.2, 0) is 26.0 Å². The molecule has 1 unspecified atom stereocenters. The second kappa shape index (κ2) is 10.4. The van der Waals surface area contributed by atoms with E-state index in [-0.39, 0.29) is 23.6 Å². The number of halogens is 2. The summed E-state index contributed by atoms with van der Waals surface area (Å²) in [5, 5.41) is 11.3. The van der Waals surface area contributed by atoms with Crippen molar-refractivity contribution in [1.82, 2.24) is 10.0 Å². The molecular weight excluding hydrogens is 439 g/mol. The van der Waals surface area contributed by atoms with Crippen LogP contribution in [0.4, 0.5) is 4.39 Å². The number of benzene rings is 2. The second-order valence-electron chi connectivity index (χ2n) is 6.28. The van der Waals surface area contributed by atoms with Crippen LogP contribution in [0.3, 0.4) is 0 Å². The van der Waals surface area contributed by atoms with E-state index >= 15 is 0 Å². The normalized spacial score (nSPS) is 12.2. The van der Waals surface area contributed by atoms with E-state index < -0.39 is 40.4 Å². The number of aliphatic carboxylic acids is 1. The van der Waals surface area contributed by atoms with Crippen molar-refractivity contribution in [2.24, 2.45) is 0 Å². The molecule has 3 N–H and O–H groups in total. The average Bonchev–Trinajstić information content (AvgIpc) is 2.67. The number of rotatable bonds is 10. The Kier molecular flexibility index (Phi) is 8.16. The SMILES string of the molecule is CC(NC(=O)COc1ccc(CCNS(=O)(=O)c2ccc(Cl)cc2)cc1F)C(=O)O. The zero-order chi connectivity index (χ0) is 22.3. The van der Waals surface area contributed by atoms with Crippen molar-refractivity contribution in [1.29, 1.82) is 0 Å². The van der Waals surface area contributed by atoms with Gasteiger partial charge in [0.2, 0.25) is 10.0 Å². The number of hydrogen-bond acceptors (Lipinski definition) is 5. The Balaban J connectivity index is 1.87. The summed E-state index contributed by atoms with van der Waals surface area (Å²) in [7, 11) is -3.71. The molecule has 1 atom stereocenters. The molecule has 0 bridgehead atoms. The van der Waals surface area contributed by atoms with Crippen LogP contribution in [0, 0.1) is 5.82 Å². The standard InChI is InChI=1S/C19H20ClFN2O6S/c1-12(19(25)26)23-18(24)11-29-17-7-2-13(10-16(17)21)8-9-22-30(27,28)15-5-3-14(20)4-6-15/h2-7,10,12,22H,8-9,11H2,1H3,(H,23,24)(H,25,26). The zero-order valence-electron chi connectivity index (χ0n) is 15.9. The lowest BCUT2D eigenvalue weighted by Gasteiger charge is -2.11. The van der Waals surface area contributed by atoms with Gasteiger partial charge in [0.15, 0.2) is 18.2 Å². The van der Waals surface area contributed by atoms with Gasteiger partial charge in [0.1, 0.15) is 6.04 Å². The van der Waals surface area contributed by atoms with Crippen LogP contribution in [0.25, 0.3) is 0 Å². The summed E-state index contributed by atoms with van der Waals surface area (Å²) in [6.45, 7) is 0.783. The number of amides is 1. The highest BCUT2D eigenvalue weighted by atomic mass is 35.5. The predicted molar refractivity (Wildman–Crippen MR) is 107 cm³/mol. The molecule has 0 radical (unpaired) electrons. The van der Waals surface area contributed by atoms with E-state index in [1.165, 1.54) is 49.4 Å². The van der Waals surface area contributed by atoms with Gasteiger partial charge in [-0.2, -0.15) is 0 Å². The number of carbonyl (C=O) groups is 2. The topological polar surface area (TPSA) is 122 Å². The van der Waals surface area contributed by atoms with E-state index in [9.17, 15) is 22.4 Å². The van der Waals surface area contributed by atoms with Gasteiger partial charge in [-0.3, -0.25) is 9.59 Å². The third kappa shape index (κ3) is 6.97. The van der Waals surface area contributed by atoms with Crippen molar-refractivity contribution in [3.63, 3.8) is 0 Å². The summed E-state index contributed by atoms with van der Waals surface area (Å²) in [4.78, 5) is 22.3. The molecule has 1 amide bonds. The van der Waals surface area contributed by atoms with Crippen LogP contribution in [0.2, 0.25) is 5.02 Å². The van der Waals surface area contributed by atoms with E-state index in [2.05, 4.69) is 10.0 Å². The highest BCUT2D eigenvalue weighted by Gasteiger charge is 2.16. The highest BCUT2D eigenvalue weighted by Crippen LogP contribution is 2.19. The summed E-state index contributed by atoms with van der Waals surface area (Å²) in [6.07, 6.45) is 0.223. The van der Waals surface area contributed by atoms with Gasteiger partial charge in [0.05, 0.1) is 4.90 Å². The van der Waals surface area contributed by atoms with Gasteiger partial charge in [-0.05, 0) is 55.3 Å². The fraction of sp³-hybridized carbons (Fsp3) is 0.263. The number of nitrogens with one attached hydrogen (secondary N) is 2. The molecule has 0 spiro atoms. The van der Waals surface area contributed by atoms with Crippen molar-refractivity contribution < 1.29 is 32.2 Å². The maximum absolute atomic E-state index is 14.2. The Hall–Kier alpha value is -2.69. The number of sulfonamides is 1. The van der Waals surface area contributed by atoms with Gasteiger partial charge < -0.3 is 15.2 Å². The lowest BCUT2D eigenvalue weighted by Crippen LogP contribution is -2.40. The monoisotopic (exact) mass is 458 g/mol. The minimum atomic E-state index is -3.71. The Morgan fingerprint density at radius 2 is 1.87 bits per heavy atom. The molecule has 0 aliphatic heterocycles. The van der Waals surface area contributed by atoms with Crippen LogP contribution < -0.4 is 14.8 Å². The van der Waals surface area contributed by atoms with Crippen LogP contribution in [0.1, 0.15) is 12.5 Å². The minimum Gasteiger partial charge on any atom is -0.481 e. The number of carboxylic acids is 1. The molecule has 8 nitrogen and oxygen atoms in total. The first kappa shape index (κ1) is 23.6. The van der Waals surface area contributed by atoms with Gasteiger partial charge in [0, 0.05) is 11.6 Å². The third-order valence-electron chi connectivity index (χ3n) is 3.93. The molecule has 0 fully saturated rings. The molecule has 0 heterocycles. The molecule has 0 aliphatic carbocycles. The Morgan fingerprint density at radius 1 is 1.20 bits per heavy atom. The molecular formula is C19H20ClFN2O6S. The first-order valence-corrected chi connectivity index (χ1v) is 10.6. The molecule has 30 heavy (non-hydrogen) atoms. The second-order valence-corrected chi connectivity index (χ2v) is 8.49. The fourth-order valence-corrected chi connectivity index (χ4v) is 3.49. The van der Waals surface area contributed by atoms with Gasteiger partial charge in [-0.25, -0.2) is 17.5 Å². The summed E-state index contributed by atoms with van der Waals surface area (Å²) >= 11 is 5.74. The quantitative estimate of drug-likeness (QED) is 0.500.